The van der Waals surface area contributed by atoms with Crippen molar-refractivity contribution in [1.82, 2.24) is 16.0 Å². The highest BCUT2D eigenvalue weighted by Crippen LogP contribution is 2.42. The Bertz CT molecular complexity index is 2120. The summed E-state index contributed by atoms with van der Waals surface area (Å²) in [5.74, 6) is 1.49. The van der Waals surface area contributed by atoms with Crippen LogP contribution in [0.25, 0.3) is 33.0 Å². The zero-order valence-electron chi connectivity index (χ0n) is 27.8. The van der Waals surface area contributed by atoms with Gasteiger partial charge in [0.15, 0.2) is 35.5 Å². The quantitative estimate of drug-likeness (QED) is 0.0312. The van der Waals surface area contributed by atoms with E-state index in [0.717, 1.165) is 0 Å². The molecule has 1 aromatic heterocycles. The van der Waals surface area contributed by atoms with E-state index >= 15 is 0 Å². The van der Waals surface area contributed by atoms with Crippen LogP contribution in [-0.2, 0) is 0 Å². The number of carbonyl (C=O) groups excluding carboxylic acids is 2. The van der Waals surface area contributed by atoms with E-state index < -0.39 is 12.1 Å². The van der Waals surface area contributed by atoms with Gasteiger partial charge in [-0.3, -0.25) is 9.59 Å². The molecule has 4 aromatic carbocycles. The molecule has 0 fully saturated rings. The highest BCUT2D eigenvalue weighted by molar-refractivity contribution is 6.02. The SMILES string of the molecule is COc1ccc(-c2cc(-c3cc(OC)c(OC)c(OC)c3)no2)cc1ONCOc1ccc(C2NC(=O)c3ccccc3N2)cc1C(=O)N=[N+]=[N-]. The minimum atomic E-state index is -0.870. The van der Waals surface area contributed by atoms with Gasteiger partial charge in [-0.15, -0.1) is 5.48 Å². The van der Waals surface area contributed by atoms with Gasteiger partial charge >= 0.3 is 0 Å². The van der Waals surface area contributed by atoms with Crippen molar-refractivity contribution in [3.8, 4) is 57.1 Å². The first-order valence-corrected chi connectivity index (χ1v) is 15.2. The molecule has 1 unspecified atom stereocenters. The van der Waals surface area contributed by atoms with Crippen LogP contribution in [0.2, 0.25) is 0 Å². The molecule has 1 aliphatic heterocycles. The van der Waals surface area contributed by atoms with Gasteiger partial charge in [-0.25, -0.2) is 0 Å². The molecule has 0 radical (unpaired) electrons. The third-order valence-electron chi connectivity index (χ3n) is 7.84. The molecular formula is C35H31N7O9. The fraction of sp³-hybridized carbons (Fsp3) is 0.171. The molecule has 0 bridgehead atoms. The molecule has 1 atom stereocenters. The molecule has 0 saturated heterocycles. The molecule has 2 heterocycles. The number of nitrogens with zero attached hydrogens (tertiary/aromatic N) is 4. The summed E-state index contributed by atoms with van der Waals surface area (Å²) in [6.45, 7) is -0.233. The number of fused-ring (bicyclic) bond motifs is 1. The van der Waals surface area contributed by atoms with Crippen molar-refractivity contribution >= 4 is 17.5 Å². The van der Waals surface area contributed by atoms with Crippen LogP contribution in [0.15, 0.2) is 88.5 Å². The minimum Gasteiger partial charge on any atom is -0.493 e. The summed E-state index contributed by atoms with van der Waals surface area (Å²) in [6, 6.07) is 22.2. The van der Waals surface area contributed by atoms with E-state index in [1.54, 1.807) is 66.7 Å². The molecule has 0 saturated carbocycles. The van der Waals surface area contributed by atoms with Gasteiger partial charge in [0.2, 0.25) is 5.75 Å². The van der Waals surface area contributed by atoms with E-state index in [-0.39, 0.29) is 24.0 Å². The van der Waals surface area contributed by atoms with Gasteiger partial charge in [0, 0.05) is 27.8 Å². The number of hydrogen-bond donors (Lipinski definition) is 3. The second kappa shape index (κ2) is 15.1. The number of amides is 2. The largest absolute Gasteiger partial charge is 0.493 e. The van der Waals surface area contributed by atoms with Crippen molar-refractivity contribution in [3.05, 3.63) is 106 Å². The summed E-state index contributed by atoms with van der Waals surface area (Å²) in [5.41, 5.74) is 15.1. The average Bonchev–Trinajstić information content (AvgIpc) is 3.66. The number of ether oxygens (including phenoxy) is 5. The first-order chi connectivity index (χ1) is 24.9. The lowest BCUT2D eigenvalue weighted by atomic mass is 10.0. The molecule has 16 nitrogen and oxygen atoms in total. The van der Waals surface area contributed by atoms with E-state index in [2.05, 4.69) is 31.3 Å². The van der Waals surface area contributed by atoms with E-state index in [4.69, 9.17) is 38.6 Å². The maximum absolute atomic E-state index is 12.7. The maximum Gasteiger partial charge on any atom is 0.255 e. The summed E-state index contributed by atoms with van der Waals surface area (Å²) in [5, 5.41) is 13.5. The standard InChI is InChI=1S/C35H31N7O9/c1-45-27-12-9-19(28-17-25(41-51-28)21-15-30(46-2)32(48-4)31(16-21)47-3)14-29(27)50-37-18-49-26-11-10-20(13-23(26)35(44)40-42-36)33-38-24-8-6-5-7-22(24)34(43)39-33/h5-17,33,37-38H,18H2,1-4H3,(H,39,43). The van der Waals surface area contributed by atoms with Crippen LogP contribution in [0.3, 0.4) is 0 Å². The minimum absolute atomic E-state index is 0.0187. The van der Waals surface area contributed by atoms with Crippen molar-refractivity contribution in [2.45, 2.75) is 6.17 Å². The summed E-state index contributed by atoms with van der Waals surface area (Å²) in [6.07, 6.45) is -0.650. The molecular weight excluding hydrogens is 662 g/mol. The van der Waals surface area contributed by atoms with E-state index in [0.29, 0.717) is 68.1 Å². The highest BCUT2D eigenvalue weighted by Gasteiger charge is 2.26. The molecule has 6 rings (SSSR count). The van der Waals surface area contributed by atoms with Gasteiger partial charge in [0.05, 0.1) is 39.6 Å². The number of hydrogen-bond acceptors (Lipinski definition) is 12. The Morgan fingerprint density at radius 1 is 0.863 bits per heavy atom. The molecule has 0 aliphatic carbocycles. The molecule has 5 aromatic rings. The van der Waals surface area contributed by atoms with Gasteiger partial charge in [0.1, 0.15) is 17.6 Å². The number of anilines is 1. The van der Waals surface area contributed by atoms with E-state index in [1.807, 2.05) is 0 Å². The summed E-state index contributed by atoms with van der Waals surface area (Å²) in [4.78, 5) is 33.8. The van der Waals surface area contributed by atoms with Crippen LogP contribution in [-0.4, -0.2) is 52.1 Å². The molecule has 1 aliphatic rings. The number of methoxy groups -OCH3 is 4. The Kier molecular flexibility index (Phi) is 10.1. The zero-order valence-corrected chi connectivity index (χ0v) is 27.8. The average molecular weight is 694 g/mol. The van der Waals surface area contributed by atoms with Crippen molar-refractivity contribution in [2.75, 3.05) is 40.5 Å². The number of para-hydroxylation sites is 1. The highest BCUT2D eigenvalue weighted by atomic mass is 16.7. The van der Waals surface area contributed by atoms with Crippen LogP contribution in [0, 0.1) is 0 Å². The van der Waals surface area contributed by atoms with Gasteiger partial charge in [-0.05, 0) is 70.8 Å². The number of rotatable bonds is 13. The van der Waals surface area contributed by atoms with Crippen molar-refractivity contribution in [2.24, 2.45) is 5.11 Å². The van der Waals surface area contributed by atoms with Crippen molar-refractivity contribution in [3.63, 3.8) is 0 Å². The first kappa shape index (κ1) is 34.0. The Hall–Kier alpha value is -6.90. The number of aromatic nitrogens is 1. The topological polar surface area (TPSA) is 200 Å². The smallest absolute Gasteiger partial charge is 0.255 e. The lowest BCUT2D eigenvalue weighted by Gasteiger charge is -2.28. The molecule has 3 N–H and O–H groups in total. The number of benzene rings is 4. The second-order valence-corrected chi connectivity index (χ2v) is 10.7. The van der Waals surface area contributed by atoms with E-state index in [1.165, 1.54) is 40.6 Å². The zero-order chi connectivity index (χ0) is 35.9. The van der Waals surface area contributed by atoms with Crippen molar-refractivity contribution in [1.29, 1.82) is 0 Å². The van der Waals surface area contributed by atoms with Gasteiger partial charge in [-0.2, -0.15) is 0 Å². The van der Waals surface area contributed by atoms with Crippen LogP contribution < -0.4 is 44.6 Å². The van der Waals surface area contributed by atoms with Crippen LogP contribution in [0.4, 0.5) is 5.69 Å². The predicted molar refractivity (Wildman–Crippen MR) is 183 cm³/mol. The Balaban J connectivity index is 1.16. The third-order valence-corrected chi connectivity index (χ3v) is 7.84. The lowest BCUT2D eigenvalue weighted by Crippen LogP contribution is -2.38. The number of hydroxylamine groups is 1. The monoisotopic (exact) mass is 693 g/mol. The van der Waals surface area contributed by atoms with Crippen LogP contribution in [0.5, 0.6) is 34.5 Å². The Morgan fingerprint density at radius 2 is 1.59 bits per heavy atom. The van der Waals surface area contributed by atoms with Crippen molar-refractivity contribution < 1.29 is 42.6 Å². The van der Waals surface area contributed by atoms with Gasteiger partial charge in [0.25, 0.3) is 11.8 Å². The summed E-state index contributed by atoms with van der Waals surface area (Å²) in [7, 11) is 6.08. The number of carbonyl (C=O) groups is 2. The third kappa shape index (κ3) is 7.12. The van der Waals surface area contributed by atoms with Gasteiger partial charge in [-0.1, -0.05) is 23.4 Å². The molecule has 0 spiro atoms. The van der Waals surface area contributed by atoms with Gasteiger partial charge < -0.3 is 43.7 Å². The lowest BCUT2D eigenvalue weighted by molar-refractivity contribution is 0.0935. The fourth-order valence-corrected chi connectivity index (χ4v) is 5.39. The summed E-state index contributed by atoms with van der Waals surface area (Å²) < 4.78 is 33.2. The molecule has 2 amide bonds. The predicted octanol–water partition coefficient (Wildman–Crippen LogP) is 6.27. The van der Waals surface area contributed by atoms with E-state index in [9.17, 15) is 9.59 Å². The second-order valence-electron chi connectivity index (χ2n) is 10.7. The molecule has 51 heavy (non-hydrogen) atoms. The Morgan fingerprint density at radius 3 is 2.31 bits per heavy atom. The molecule has 16 heteroatoms. The van der Waals surface area contributed by atoms with Crippen LogP contribution in [0.1, 0.15) is 32.4 Å². The maximum atomic E-state index is 12.7. The molecule has 260 valence electrons. The Labute approximate surface area is 290 Å². The first-order valence-electron chi connectivity index (χ1n) is 15.2. The fourth-order valence-electron chi connectivity index (χ4n) is 5.39. The normalized spacial score (nSPS) is 13.1. The summed E-state index contributed by atoms with van der Waals surface area (Å²) >= 11 is 0. The number of nitrogens with one attached hydrogen (secondary N) is 3. The van der Waals surface area contributed by atoms with Crippen LogP contribution >= 0.6 is 0 Å². The number of azide groups is 1.